The maximum atomic E-state index is 5.73. The Labute approximate surface area is 85.7 Å². The summed E-state index contributed by atoms with van der Waals surface area (Å²) in [6.07, 6.45) is 1.12. The van der Waals surface area contributed by atoms with Crippen molar-refractivity contribution in [1.29, 1.82) is 0 Å². The van der Waals surface area contributed by atoms with E-state index in [1.165, 1.54) is 11.1 Å². The van der Waals surface area contributed by atoms with Crippen molar-refractivity contribution in [3.8, 4) is 0 Å². The van der Waals surface area contributed by atoms with E-state index in [-0.39, 0.29) is 0 Å². The monoisotopic (exact) mass is 190 g/mol. The van der Waals surface area contributed by atoms with Gasteiger partial charge >= 0.3 is 0 Å². The maximum Gasteiger partial charge on any atom is 0.0297 e. The summed E-state index contributed by atoms with van der Waals surface area (Å²) in [5, 5.41) is 0. The Bertz CT molecular complexity index is 286. The first-order valence-corrected chi connectivity index (χ1v) is 5.33. The van der Waals surface area contributed by atoms with Gasteiger partial charge in [-0.1, -0.05) is 31.2 Å². The molecule has 1 saturated heterocycles. The van der Waals surface area contributed by atoms with Gasteiger partial charge in [0.05, 0.1) is 0 Å². The lowest BCUT2D eigenvalue weighted by atomic mass is 10.1. The van der Waals surface area contributed by atoms with Gasteiger partial charge in [0.1, 0.15) is 0 Å². The van der Waals surface area contributed by atoms with Crippen LogP contribution in [0.25, 0.3) is 0 Å². The third kappa shape index (κ3) is 2.14. The van der Waals surface area contributed by atoms with Crippen molar-refractivity contribution in [2.75, 3.05) is 13.1 Å². The SMILES string of the molecule is CCc1ccc(CN2CC(N)C2)cc1. The van der Waals surface area contributed by atoms with E-state index in [9.17, 15) is 0 Å². The number of nitrogens with two attached hydrogens (primary N) is 1. The summed E-state index contributed by atoms with van der Waals surface area (Å²) in [5.74, 6) is 0. The van der Waals surface area contributed by atoms with Crippen LogP contribution in [0.15, 0.2) is 24.3 Å². The number of hydrogen-bond acceptors (Lipinski definition) is 2. The molecule has 0 unspecified atom stereocenters. The average molecular weight is 190 g/mol. The summed E-state index contributed by atoms with van der Waals surface area (Å²) in [4.78, 5) is 2.38. The van der Waals surface area contributed by atoms with Crippen LogP contribution in [0.1, 0.15) is 18.1 Å². The zero-order chi connectivity index (χ0) is 9.97. The standard InChI is InChI=1S/C12H18N2/c1-2-10-3-5-11(6-4-10)7-14-8-12(13)9-14/h3-6,12H,2,7-9,13H2,1H3. The van der Waals surface area contributed by atoms with Gasteiger partial charge in [0, 0.05) is 25.7 Å². The van der Waals surface area contributed by atoms with Crippen LogP contribution in [-0.4, -0.2) is 24.0 Å². The van der Waals surface area contributed by atoms with E-state index in [0.717, 1.165) is 26.1 Å². The lowest BCUT2D eigenvalue weighted by Gasteiger charge is -2.36. The Balaban J connectivity index is 1.90. The summed E-state index contributed by atoms with van der Waals surface area (Å²) in [6.45, 7) is 5.34. The van der Waals surface area contributed by atoms with Gasteiger partial charge in [-0.25, -0.2) is 0 Å². The molecule has 2 heteroatoms. The molecule has 0 aromatic heterocycles. The van der Waals surface area contributed by atoms with Crippen LogP contribution in [0.4, 0.5) is 0 Å². The molecule has 0 amide bonds. The van der Waals surface area contributed by atoms with E-state index in [4.69, 9.17) is 5.73 Å². The number of nitrogens with zero attached hydrogens (tertiary/aromatic N) is 1. The van der Waals surface area contributed by atoms with Crippen molar-refractivity contribution < 1.29 is 0 Å². The third-order valence-electron chi connectivity index (χ3n) is 2.82. The molecule has 1 aromatic carbocycles. The van der Waals surface area contributed by atoms with Gasteiger partial charge in [-0.2, -0.15) is 0 Å². The molecule has 0 atom stereocenters. The van der Waals surface area contributed by atoms with E-state index >= 15 is 0 Å². The smallest absolute Gasteiger partial charge is 0.0297 e. The molecule has 1 aromatic rings. The normalized spacial score (nSPS) is 18.1. The van der Waals surface area contributed by atoms with Gasteiger partial charge in [0.15, 0.2) is 0 Å². The van der Waals surface area contributed by atoms with E-state index in [1.54, 1.807) is 0 Å². The second kappa shape index (κ2) is 4.11. The van der Waals surface area contributed by atoms with Crippen LogP contribution in [0.5, 0.6) is 0 Å². The molecular formula is C12H18N2. The van der Waals surface area contributed by atoms with Gasteiger partial charge in [-0.15, -0.1) is 0 Å². The van der Waals surface area contributed by atoms with Gasteiger partial charge in [-0.05, 0) is 17.5 Å². The van der Waals surface area contributed by atoms with Crippen LogP contribution < -0.4 is 5.73 Å². The molecule has 0 spiro atoms. The highest BCUT2D eigenvalue weighted by Gasteiger charge is 2.22. The second-order valence-corrected chi connectivity index (χ2v) is 4.12. The maximum absolute atomic E-state index is 5.73. The zero-order valence-electron chi connectivity index (χ0n) is 8.74. The van der Waals surface area contributed by atoms with Gasteiger partial charge < -0.3 is 5.73 Å². The lowest BCUT2D eigenvalue weighted by molar-refractivity contribution is 0.142. The first-order valence-electron chi connectivity index (χ1n) is 5.33. The van der Waals surface area contributed by atoms with Crippen LogP contribution in [0, 0.1) is 0 Å². The van der Waals surface area contributed by atoms with E-state index < -0.39 is 0 Å². The Kier molecular flexibility index (Phi) is 2.85. The average Bonchev–Trinajstić information content (AvgIpc) is 2.17. The fraction of sp³-hybridized carbons (Fsp3) is 0.500. The molecule has 1 heterocycles. The molecule has 2 nitrogen and oxygen atoms in total. The fourth-order valence-electron chi connectivity index (χ4n) is 1.88. The highest BCUT2D eigenvalue weighted by molar-refractivity contribution is 5.22. The van der Waals surface area contributed by atoms with Gasteiger partial charge in [0.25, 0.3) is 0 Å². The van der Waals surface area contributed by atoms with Gasteiger partial charge in [-0.3, -0.25) is 4.90 Å². The summed E-state index contributed by atoms with van der Waals surface area (Å²) >= 11 is 0. The van der Waals surface area contributed by atoms with Crippen molar-refractivity contribution in [3.63, 3.8) is 0 Å². The van der Waals surface area contributed by atoms with E-state index in [2.05, 4.69) is 36.1 Å². The van der Waals surface area contributed by atoms with Gasteiger partial charge in [0.2, 0.25) is 0 Å². The Hall–Kier alpha value is -0.860. The lowest BCUT2D eigenvalue weighted by Crippen LogP contribution is -2.54. The largest absolute Gasteiger partial charge is 0.325 e. The highest BCUT2D eigenvalue weighted by Crippen LogP contribution is 2.12. The third-order valence-corrected chi connectivity index (χ3v) is 2.82. The Morgan fingerprint density at radius 2 is 1.79 bits per heavy atom. The number of aryl methyl sites for hydroxylation is 1. The van der Waals surface area contributed by atoms with Crippen molar-refractivity contribution in [3.05, 3.63) is 35.4 Å². The molecule has 1 fully saturated rings. The zero-order valence-corrected chi connectivity index (χ0v) is 8.74. The van der Waals surface area contributed by atoms with Crippen LogP contribution in [0.2, 0.25) is 0 Å². The molecule has 2 N–H and O–H groups in total. The minimum Gasteiger partial charge on any atom is -0.325 e. The Morgan fingerprint density at radius 1 is 1.21 bits per heavy atom. The number of hydrogen-bond donors (Lipinski definition) is 1. The first kappa shape index (κ1) is 9.69. The summed E-state index contributed by atoms with van der Waals surface area (Å²) < 4.78 is 0. The van der Waals surface area contributed by atoms with Crippen molar-refractivity contribution in [2.24, 2.45) is 5.73 Å². The van der Waals surface area contributed by atoms with Crippen LogP contribution in [-0.2, 0) is 13.0 Å². The highest BCUT2D eigenvalue weighted by atomic mass is 15.2. The molecule has 0 saturated carbocycles. The minimum absolute atomic E-state index is 0.407. The minimum atomic E-state index is 0.407. The fourth-order valence-corrected chi connectivity index (χ4v) is 1.88. The molecule has 0 bridgehead atoms. The predicted molar refractivity (Wildman–Crippen MR) is 59.1 cm³/mol. The second-order valence-electron chi connectivity index (χ2n) is 4.12. The number of benzene rings is 1. The van der Waals surface area contributed by atoms with Crippen LogP contribution >= 0.6 is 0 Å². The molecule has 1 aliphatic rings. The molecule has 1 aliphatic heterocycles. The predicted octanol–water partition coefficient (Wildman–Crippen LogP) is 1.39. The summed E-state index contributed by atoms with van der Waals surface area (Å²) in [6, 6.07) is 9.29. The molecule has 0 aliphatic carbocycles. The molecule has 14 heavy (non-hydrogen) atoms. The van der Waals surface area contributed by atoms with Crippen molar-refractivity contribution in [1.82, 2.24) is 4.90 Å². The van der Waals surface area contributed by atoms with Crippen molar-refractivity contribution >= 4 is 0 Å². The summed E-state index contributed by atoms with van der Waals surface area (Å²) in [7, 11) is 0. The summed E-state index contributed by atoms with van der Waals surface area (Å²) in [5.41, 5.74) is 8.53. The molecule has 2 rings (SSSR count). The molecule has 76 valence electrons. The van der Waals surface area contributed by atoms with Crippen LogP contribution in [0.3, 0.4) is 0 Å². The number of likely N-dealkylation sites (tertiary alicyclic amines) is 1. The van der Waals surface area contributed by atoms with E-state index in [1.807, 2.05) is 0 Å². The molecular weight excluding hydrogens is 172 g/mol. The Morgan fingerprint density at radius 3 is 2.29 bits per heavy atom. The number of rotatable bonds is 3. The van der Waals surface area contributed by atoms with Crippen molar-refractivity contribution in [2.45, 2.75) is 25.9 Å². The quantitative estimate of drug-likeness (QED) is 0.780. The first-order chi connectivity index (χ1) is 6.78. The van der Waals surface area contributed by atoms with E-state index in [0.29, 0.717) is 6.04 Å². The topological polar surface area (TPSA) is 29.3 Å². The molecule has 0 radical (unpaired) electrons.